The van der Waals surface area contributed by atoms with Crippen molar-refractivity contribution in [3.8, 4) is 0 Å². The van der Waals surface area contributed by atoms with E-state index in [0.29, 0.717) is 17.8 Å². The van der Waals surface area contributed by atoms with E-state index in [9.17, 15) is 0 Å². The van der Waals surface area contributed by atoms with Crippen molar-refractivity contribution in [3.05, 3.63) is 11.7 Å². The summed E-state index contributed by atoms with van der Waals surface area (Å²) in [5, 5.41) is 3.99. The van der Waals surface area contributed by atoms with E-state index in [0.717, 1.165) is 19.6 Å². The van der Waals surface area contributed by atoms with Crippen LogP contribution in [0.4, 0.5) is 0 Å². The average molecular weight is 279 g/mol. The van der Waals surface area contributed by atoms with Gasteiger partial charge in [0.2, 0.25) is 5.89 Å². The summed E-state index contributed by atoms with van der Waals surface area (Å²) in [5.41, 5.74) is 5.45. The van der Waals surface area contributed by atoms with Crippen molar-refractivity contribution < 1.29 is 4.52 Å². The first-order valence-corrected chi connectivity index (χ1v) is 7.61. The molecule has 1 aromatic heterocycles. The van der Waals surface area contributed by atoms with E-state index in [-0.39, 0.29) is 0 Å². The lowest BCUT2D eigenvalue weighted by Gasteiger charge is -2.24. The predicted molar refractivity (Wildman–Crippen MR) is 76.0 cm³/mol. The molecule has 2 saturated heterocycles. The lowest BCUT2D eigenvalue weighted by atomic mass is 10.1. The van der Waals surface area contributed by atoms with Crippen LogP contribution in [-0.2, 0) is 12.1 Å². The standard InChI is InChI=1S/C14H25N5O/c1-14(2,15)13-16-12(20-17-13)10-18-6-4-8-19-7-3-5-11(19)9-18/h11H,3-10,15H2,1-2H3. The summed E-state index contributed by atoms with van der Waals surface area (Å²) in [6.07, 6.45) is 3.88. The van der Waals surface area contributed by atoms with Crippen LogP contribution >= 0.6 is 0 Å². The molecule has 1 atom stereocenters. The lowest BCUT2D eigenvalue weighted by molar-refractivity contribution is 0.196. The molecule has 0 aromatic carbocycles. The Morgan fingerprint density at radius 1 is 1.30 bits per heavy atom. The van der Waals surface area contributed by atoms with Gasteiger partial charge in [0.15, 0.2) is 5.82 Å². The van der Waals surface area contributed by atoms with Crippen LogP contribution in [0.2, 0.25) is 0 Å². The largest absolute Gasteiger partial charge is 0.338 e. The number of nitrogens with zero attached hydrogens (tertiary/aromatic N) is 4. The van der Waals surface area contributed by atoms with Gasteiger partial charge >= 0.3 is 0 Å². The quantitative estimate of drug-likeness (QED) is 0.887. The van der Waals surface area contributed by atoms with E-state index in [1.165, 1.54) is 32.4 Å². The molecule has 3 heterocycles. The summed E-state index contributed by atoms with van der Waals surface area (Å²) < 4.78 is 5.35. The smallest absolute Gasteiger partial charge is 0.240 e. The summed E-state index contributed by atoms with van der Waals surface area (Å²) in [6, 6.07) is 0.714. The maximum Gasteiger partial charge on any atom is 0.240 e. The Morgan fingerprint density at radius 2 is 2.10 bits per heavy atom. The SMILES string of the molecule is CC(C)(N)c1noc(CN2CCCN3CCCC3C2)n1. The molecule has 0 amide bonds. The zero-order valence-corrected chi connectivity index (χ0v) is 12.5. The van der Waals surface area contributed by atoms with Crippen molar-refractivity contribution in [1.29, 1.82) is 0 Å². The molecule has 0 radical (unpaired) electrons. The maximum atomic E-state index is 5.99. The molecule has 2 N–H and O–H groups in total. The molecule has 0 saturated carbocycles. The Hall–Kier alpha value is -0.980. The molecule has 1 unspecified atom stereocenters. The maximum absolute atomic E-state index is 5.99. The minimum atomic E-state index is -0.539. The molecule has 112 valence electrons. The van der Waals surface area contributed by atoms with Crippen LogP contribution < -0.4 is 5.73 Å². The molecule has 2 aliphatic rings. The summed E-state index contributed by atoms with van der Waals surface area (Å²) in [7, 11) is 0. The van der Waals surface area contributed by atoms with Crippen molar-refractivity contribution in [1.82, 2.24) is 19.9 Å². The van der Waals surface area contributed by atoms with E-state index in [4.69, 9.17) is 10.3 Å². The second-order valence-electron chi connectivity index (χ2n) is 6.65. The molecule has 1 aromatic rings. The van der Waals surface area contributed by atoms with E-state index in [2.05, 4.69) is 19.9 Å². The minimum Gasteiger partial charge on any atom is -0.338 e. The third-order valence-corrected chi connectivity index (χ3v) is 4.29. The minimum absolute atomic E-state index is 0.539. The summed E-state index contributed by atoms with van der Waals surface area (Å²) in [6.45, 7) is 9.25. The zero-order chi connectivity index (χ0) is 14.2. The fourth-order valence-electron chi connectivity index (χ4n) is 3.20. The van der Waals surface area contributed by atoms with Crippen LogP contribution in [-0.4, -0.2) is 52.2 Å². The van der Waals surface area contributed by atoms with Crippen molar-refractivity contribution in [3.63, 3.8) is 0 Å². The Balaban J connectivity index is 1.63. The molecule has 0 bridgehead atoms. The second kappa shape index (κ2) is 5.42. The average Bonchev–Trinajstić information content (AvgIpc) is 2.95. The van der Waals surface area contributed by atoms with Gasteiger partial charge in [0.25, 0.3) is 0 Å². The van der Waals surface area contributed by atoms with Gasteiger partial charge in [-0.05, 0) is 52.7 Å². The van der Waals surface area contributed by atoms with Gasteiger partial charge in [0.05, 0.1) is 12.1 Å². The molecule has 6 nitrogen and oxygen atoms in total. The van der Waals surface area contributed by atoms with E-state index in [1.54, 1.807) is 0 Å². The Labute approximate surface area is 120 Å². The van der Waals surface area contributed by atoms with Crippen LogP contribution in [0.1, 0.15) is 44.8 Å². The zero-order valence-electron chi connectivity index (χ0n) is 12.5. The first kappa shape index (κ1) is 14.0. The highest BCUT2D eigenvalue weighted by Crippen LogP contribution is 2.22. The molecule has 2 fully saturated rings. The van der Waals surface area contributed by atoms with Crippen molar-refractivity contribution in [2.45, 2.75) is 51.2 Å². The highest BCUT2D eigenvalue weighted by Gasteiger charge is 2.29. The molecule has 3 rings (SSSR count). The Kier molecular flexibility index (Phi) is 3.79. The molecule has 2 aliphatic heterocycles. The number of hydrogen-bond donors (Lipinski definition) is 1. The van der Waals surface area contributed by atoms with E-state index < -0.39 is 5.54 Å². The summed E-state index contributed by atoms with van der Waals surface area (Å²) in [4.78, 5) is 9.50. The van der Waals surface area contributed by atoms with Gasteiger partial charge in [0, 0.05) is 12.6 Å². The van der Waals surface area contributed by atoms with Gasteiger partial charge in [0.1, 0.15) is 0 Å². The van der Waals surface area contributed by atoms with Gasteiger partial charge < -0.3 is 10.3 Å². The summed E-state index contributed by atoms with van der Waals surface area (Å²) in [5.74, 6) is 1.27. The van der Waals surface area contributed by atoms with Gasteiger partial charge in [-0.15, -0.1) is 0 Å². The Bertz CT molecular complexity index is 453. The van der Waals surface area contributed by atoms with Crippen LogP contribution in [0, 0.1) is 0 Å². The monoisotopic (exact) mass is 279 g/mol. The number of rotatable bonds is 3. The first-order valence-electron chi connectivity index (χ1n) is 7.61. The number of hydrogen-bond acceptors (Lipinski definition) is 6. The topological polar surface area (TPSA) is 71.4 Å². The highest BCUT2D eigenvalue weighted by molar-refractivity contribution is 4.99. The number of aromatic nitrogens is 2. The predicted octanol–water partition coefficient (Wildman–Crippen LogP) is 0.934. The van der Waals surface area contributed by atoms with Crippen molar-refractivity contribution >= 4 is 0 Å². The number of fused-ring (bicyclic) bond motifs is 1. The summed E-state index contributed by atoms with van der Waals surface area (Å²) >= 11 is 0. The van der Waals surface area contributed by atoms with Crippen molar-refractivity contribution in [2.24, 2.45) is 5.73 Å². The highest BCUT2D eigenvalue weighted by atomic mass is 16.5. The number of nitrogens with two attached hydrogens (primary N) is 1. The normalized spacial score (nSPS) is 25.6. The van der Waals surface area contributed by atoms with E-state index >= 15 is 0 Å². The van der Waals surface area contributed by atoms with Crippen LogP contribution in [0.25, 0.3) is 0 Å². The molecule has 0 spiro atoms. The molecule has 0 aliphatic carbocycles. The fourth-order valence-corrected chi connectivity index (χ4v) is 3.20. The molecule has 6 heteroatoms. The second-order valence-corrected chi connectivity index (χ2v) is 6.65. The molecule has 20 heavy (non-hydrogen) atoms. The van der Waals surface area contributed by atoms with Crippen LogP contribution in [0.15, 0.2) is 4.52 Å². The van der Waals surface area contributed by atoms with Crippen LogP contribution in [0.3, 0.4) is 0 Å². The van der Waals surface area contributed by atoms with E-state index in [1.807, 2.05) is 13.8 Å². The van der Waals surface area contributed by atoms with Crippen LogP contribution in [0.5, 0.6) is 0 Å². The third kappa shape index (κ3) is 3.02. The fraction of sp³-hybridized carbons (Fsp3) is 0.857. The van der Waals surface area contributed by atoms with Gasteiger partial charge in [-0.3, -0.25) is 9.80 Å². The van der Waals surface area contributed by atoms with Crippen molar-refractivity contribution in [2.75, 3.05) is 26.2 Å². The van der Waals surface area contributed by atoms with Gasteiger partial charge in [-0.25, -0.2) is 0 Å². The van der Waals surface area contributed by atoms with Gasteiger partial charge in [-0.1, -0.05) is 5.16 Å². The van der Waals surface area contributed by atoms with Gasteiger partial charge in [-0.2, -0.15) is 4.98 Å². The Morgan fingerprint density at radius 3 is 2.85 bits per heavy atom. The third-order valence-electron chi connectivity index (χ3n) is 4.29. The molecular weight excluding hydrogens is 254 g/mol. The lowest BCUT2D eigenvalue weighted by Crippen LogP contribution is -2.36. The molecular formula is C14H25N5O. The first-order chi connectivity index (χ1) is 9.52.